The van der Waals surface area contributed by atoms with Crippen molar-refractivity contribution in [2.45, 2.75) is 38.3 Å². The summed E-state index contributed by atoms with van der Waals surface area (Å²) in [5.41, 5.74) is 1.89. The third-order valence-corrected chi connectivity index (χ3v) is 7.17. The minimum atomic E-state index is -3.96. The van der Waals surface area contributed by atoms with Crippen LogP contribution in [0.5, 0.6) is 0 Å². The molecule has 0 saturated carbocycles. The van der Waals surface area contributed by atoms with Crippen molar-refractivity contribution in [3.05, 3.63) is 77.4 Å². The van der Waals surface area contributed by atoms with Crippen LogP contribution in [0.15, 0.2) is 59.8 Å². The van der Waals surface area contributed by atoms with Crippen LogP contribution >= 0.6 is 0 Å². The third kappa shape index (κ3) is 3.72. The van der Waals surface area contributed by atoms with Gasteiger partial charge in [-0.3, -0.25) is 9.59 Å². The Kier molecular flexibility index (Phi) is 5.14. The Morgan fingerprint density at radius 1 is 1.13 bits per heavy atom. The molecular weight excluding hydrogens is 416 g/mol. The zero-order valence-electron chi connectivity index (χ0n) is 17.4. The lowest BCUT2D eigenvalue weighted by molar-refractivity contribution is 0.0846. The number of benzene rings is 2. The van der Waals surface area contributed by atoms with E-state index in [-0.39, 0.29) is 16.0 Å². The van der Waals surface area contributed by atoms with Gasteiger partial charge in [-0.2, -0.15) is 0 Å². The van der Waals surface area contributed by atoms with E-state index >= 15 is 0 Å². The second kappa shape index (κ2) is 7.66. The predicted octanol–water partition coefficient (Wildman–Crippen LogP) is 3.05. The first kappa shape index (κ1) is 20.8. The number of anilines is 1. The fraction of sp³-hybridized carbons (Fsp3) is 0.227. The van der Waals surface area contributed by atoms with Crippen molar-refractivity contribution in [1.29, 1.82) is 0 Å². The van der Waals surface area contributed by atoms with E-state index in [1.54, 1.807) is 32.2 Å². The highest BCUT2D eigenvalue weighted by atomic mass is 32.2. The van der Waals surface area contributed by atoms with E-state index < -0.39 is 27.9 Å². The first-order valence-electron chi connectivity index (χ1n) is 9.79. The van der Waals surface area contributed by atoms with Crippen LogP contribution in [0.4, 0.5) is 5.69 Å². The van der Waals surface area contributed by atoms with E-state index in [9.17, 15) is 18.0 Å². The fourth-order valence-corrected chi connectivity index (χ4v) is 5.36. The summed E-state index contributed by atoms with van der Waals surface area (Å²) in [7, 11) is -3.96. The van der Waals surface area contributed by atoms with Crippen molar-refractivity contribution in [1.82, 2.24) is 13.9 Å². The van der Waals surface area contributed by atoms with E-state index in [1.807, 2.05) is 29.8 Å². The van der Waals surface area contributed by atoms with Crippen LogP contribution in [0, 0.1) is 6.92 Å². The Morgan fingerprint density at radius 2 is 1.84 bits per heavy atom. The largest absolute Gasteiger partial charge is 0.331 e. The van der Waals surface area contributed by atoms with Gasteiger partial charge in [-0.15, -0.1) is 0 Å². The first-order chi connectivity index (χ1) is 14.7. The molecule has 0 atom stereocenters. The summed E-state index contributed by atoms with van der Waals surface area (Å²) in [6.07, 6.45) is 3.65. The van der Waals surface area contributed by atoms with E-state index in [0.717, 1.165) is 15.7 Å². The molecule has 2 heterocycles. The first-order valence-corrected chi connectivity index (χ1v) is 11.2. The molecule has 0 fully saturated rings. The molecule has 0 bridgehead atoms. The maximum Gasteiger partial charge on any atom is 0.269 e. The number of sulfonamides is 1. The third-order valence-electron chi connectivity index (χ3n) is 5.17. The monoisotopic (exact) mass is 438 g/mol. The summed E-state index contributed by atoms with van der Waals surface area (Å²) >= 11 is 0. The SMILES string of the molecule is Cc1nccn1Cc1ccc(NC(=O)c2ccc3c(c2)S(=O)(=O)N(C(C)C)C3=O)cc1. The lowest BCUT2D eigenvalue weighted by Gasteiger charge is -2.18. The molecule has 160 valence electrons. The summed E-state index contributed by atoms with van der Waals surface area (Å²) < 4.78 is 28.3. The van der Waals surface area contributed by atoms with Crippen molar-refractivity contribution in [3.63, 3.8) is 0 Å². The Morgan fingerprint density at radius 3 is 2.45 bits per heavy atom. The van der Waals surface area contributed by atoms with Crippen LogP contribution in [-0.4, -0.2) is 40.1 Å². The molecule has 0 aliphatic carbocycles. The van der Waals surface area contributed by atoms with E-state index in [1.165, 1.54) is 18.2 Å². The topological polar surface area (TPSA) is 101 Å². The zero-order valence-corrected chi connectivity index (χ0v) is 18.2. The van der Waals surface area contributed by atoms with Gasteiger partial charge >= 0.3 is 0 Å². The number of imidazole rings is 1. The van der Waals surface area contributed by atoms with Gasteiger partial charge in [0.05, 0.1) is 5.56 Å². The molecule has 0 unspecified atom stereocenters. The highest BCUT2D eigenvalue weighted by Crippen LogP contribution is 2.32. The maximum absolute atomic E-state index is 12.7. The van der Waals surface area contributed by atoms with Crippen LogP contribution in [-0.2, 0) is 16.6 Å². The molecule has 1 aliphatic rings. The van der Waals surface area contributed by atoms with Crippen molar-refractivity contribution >= 4 is 27.5 Å². The Bertz CT molecular complexity index is 1280. The molecule has 0 saturated heterocycles. The summed E-state index contributed by atoms with van der Waals surface area (Å²) in [6, 6.07) is 11.0. The second-order valence-electron chi connectivity index (χ2n) is 7.66. The second-order valence-corrected chi connectivity index (χ2v) is 9.45. The Balaban J connectivity index is 1.52. The summed E-state index contributed by atoms with van der Waals surface area (Å²) in [5, 5.41) is 2.77. The van der Waals surface area contributed by atoms with Gasteiger partial charge < -0.3 is 9.88 Å². The molecule has 9 heteroatoms. The summed E-state index contributed by atoms with van der Waals surface area (Å²) in [5.74, 6) is -0.106. The number of rotatable bonds is 5. The molecule has 2 aromatic carbocycles. The molecule has 2 amide bonds. The van der Waals surface area contributed by atoms with Gasteiger partial charge in [0.1, 0.15) is 10.7 Å². The quantitative estimate of drug-likeness (QED) is 0.660. The predicted molar refractivity (Wildman–Crippen MR) is 115 cm³/mol. The number of fused-ring (bicyclic) bond motifs is 1. The number of aryl methyl sites for hydroxylation is 1. The number of nitrogens with zero attached hydrogens (tertiary/aromatic N) is 3. The van der Waals surface area contributed by atoms with Crippen LogP contribution in [0.3, 0.4) is 0 Å². The van der Waals surface area contributed by atoms with Crippen LogP contribution in [0.25, 0.3) is 0 Å². The average Bonchev–Trinajstić information content (AvgIpc) is 3.21. The van der Waals surface area contributed by atoms with Crippen LogP contribution in [0.1, 0.15) is 46.0 Å². The van der Waals surface area contributed by atoms with Crippen molar-refractivity contribution in [3.8, 4) is 0 Å². The highest BCUT2D eigenvalue weighted by molar-refractivity contribution is 7.90. The van der Waals surface area contributed by atoms with Gasteiger partial charge in [-0.05, 0) is 56.7 Å². The highest BCUT2D eigenvalue weighted by Gasteiger charge is 2.42. The van der Waals surface area contributed by atoms with Crippen molar-refractivity contribution in [2.75, 3.05) is 5.32 Å². The van der Waals surface area contributed by atoms with Crippen LogP contribution < -0.4 is 5.32 Å². The average molecular weight is 439 g/mol. The zero-order chi connectivity index (χ0) is 22.3. The van der Waals surface area contributed by atoms with E-state index in [4.69, 9.17) is 0 Å². The van der Waals surface area contributed by atoms with Gasteiger partial charge in [0.25, 0.3) is 21.8 Å². The molecule has 8 nitrogen and oxygen atoms in total. The standard InChI is InChI=1S/C22H22N4O4S/c1-14(2)26-22(28)19-9-6-17(12-20(19)31(26,29)30)21(27)24-18-7-4-16(5-8-18)13-25-11-10-23-15(25)3/h4-12,14H,13H2,1-3H3,(H,24,27). The van der Waals surface area contributed by atoms with Gasteiger partial charge in [0.2, 0.25) is 0 Å². The lowest BCUT2D eigenvalue weighted by Crippen LogP contribution is -2.36. The van der Waals surface area contributed by atoms with Crippen molar-refractivity contribution in [2.24, 2.45) is 0 Å². The smallest absolute Gasteiger partial charge is 0.269 e. The number of amides is 2. The van der Waals surface area contributed by atoms with Crippen LogP contribution in [0.2, 0.25) is 0 Å². The molecular formula is C22H22N4O4S. The Hall–Kier alpha value is -3.46. The number of carbonyl (C=O) groups excluding carboxylic acids is 2. The van der Waals surface area contributed by atoms with Gasteiger partial charge in [0.15, 0.2) is 0 Å². The number of carbonyl (C=O) groups is 2. The lowest BCUT2D eigenvalue weighted by atomic mass is 10.1. The molecule has 4 rings (SSSR count). The number of hydrogen-bond acceptors (Lipinski definition) is 5. The maximum atomic E-state index is 12.7. The molecule has 1 aliphatic heterocycles. The summed E-state index contributed by atoms with van der Waals surface area (Å²) in [4.78, 5) is 29.2. The normalized spacial score (nSPS) is 14.7. The molecule has 1 aromatic heterocycles. The van der Waals surface area contributed by atoms with Gasteiger partial charge in [-0.25, -0.2) is 17.7 Å². The van der Waals surface area contributed by atoms with E-state index in [2.05, 4.69) is 10.3 Å². The molecule has 0 radical (unpaired) electrons. The Labute approximate surface area is 180 Å². The number of aromatic nitrogens is 2. The molecule has 1 N–H and O–H groups in total. The summed E-state index contributed by atoms with van der Waals surface area (Å²) in [6.45, 7) is 5.86. The minimum absolute atomic E-state index is 0.0874. The fourth-order valence-electron chi connectivity index (χ4n) is 3.56. The number of nitrogens with one attached hydrogen (secondary N) is 1. The van der Waals surface area contributed by atoms with E-state index in [0.29, 0.717) is 12.2 Å². The number of hydrogen-bond donors (Lipinski definition) is 1. The minimum Gasteiger partial charge on any atom is -0.331 e. The molecule has 0 spiro atoms. The van der Waals surface area contributed by atoms with Gasteiger partial charge in [-0.1, -0.05) is 12.1 Å². The molecule has 3 aromatic rings. The van der Waals surface area contributed by atoms with Crippen molar-refractivity contribution < 1.29 is 18.0 Å². The van der Waals surface area contributed by atoms with Gasteiger partial charge in [0, 0.05) is 36.2 Å². The molecule has 31 heavy (non-hydrogen) atoms.